The zero-order valence-electron chi connectivity index (χ0n) is 7.45. The molecular formula is C8H15NO3. The average molecular weight is 173 g/mol. The van der Waals surface area contributed by atoms with Gasteiger partial charge in [-0.1, -0.05) is 6.58 Å². The van der Waals surface area contributed by atoms with Gasteiger partial charge in [-0.2, -0.15) is 0 Å². The lowest BCUT2D eigenvalue weighted by atomic mass is 10.2. The van der Waals surface area contributed by atoms with Gasteiger partial charge in [0.15, 0.2) is 0 Å². The maximum atomic E-state index is 10.4. The predicted molar refractivity (Wildman–Crippen MR) is 46.0 cm³/mol. The number of hydrogen-bond donors (Lipinski definition) is 2. The third-order valence-electron chi connectivity index (χ3n) is 1.76. The Bertz CT molecular complexity index is 179. The zero-order valence-corrected chi connectivity index (χ0v) is 7.45. The van der Waals surface area contributed by atoms with E-state index in [1.807, 2.05) is 6.92 Å². The quantitative estimate of drug-likeness (QED) is 0.572. The van der Waals surface area contributed by atoms with Gasteiger partial charge in [0.1, 0.15) is 0 Å². The summed E-state index contributed by atoms with van der Waals surface area (Å²) in [7, 11) is 1.75. The Hall–Kier alpha value is -0.870. The summed E-state index contributed by atoms with van der Waals surface area (Å²) in [5.41, 5.74) is 0.137. The molecular weight excluding hydrogens is 158 g/mol. The first-order valence-electron chi connectivity index (χ1n) is 3.71. The first-order chi connectivity index (χ1) is 5.49. The topological polar surface area (TPSA) is 60.8 Å². The molecule has 1 atom stereocenters. The van der Waals surface area contributed by atoms with E-state index in [1.165, 1.54) is 0 Å². The third-order valence-corrected chi connectivity index (χ3v) is 1.76. The highest BCUT2D eigenvalue weighted by atomic mass is 16.4. The van der Waals surface area contributed by atoms with Crippen molar-refractivity contribution >= 4 is 5.97 Å². The van der Waals surface area contributed by atoms with Crippen molar-refractivity contribution in [3.05, 3.63) is 12.2 Å². The molecule has 12 heavy (non-hydrogen) atoms. The number of carbonyl (C=O) groups is 1. The first-order valence-corrected chi connectivity index (χ1v) is 3.71. The summed E-state index contributed by atoms with van der Waals surface area (Å²) in [6.45, 7) is 5.49. The molecule has 0 amide bonds. The smallest absolute Gasteiger partial charge is 0.332 e. The van der Waals surface area contributed by atoms with Gasteiger partial charge in [-0.15, -0.1) is 0 Å². The van der Waals surface area contributed by atoms with E-state index >= 15 is 0 Å². The molecule has 0 saturated heterocycles. The van der Waals surface area contributed by atoms with Crippen LogP contribution in [0, 0.1) is 0 Å². The Labute approximate surface area is 72.1 Å². The second-order valence-corrected chi connectivity index (χ2v) is 2.86. The van der Waals surface area contributed by atoms with Crippen LogP contribution in [0.15, 0.2) is 12.2 Å². The number of aliphatic carboxylic acids is 1. The fraction of sp³-hybridized carbons (Fsp3) is 0.625. The van der Waals surface area contributed by atoms with Crippen LogP contribution in [0.25, 0.3) is 0 Å². The number of carboxylic acid groups (broad SMARTS) is 1. The van der Waals surface area contributed by atoms with Crippen LogP contribution in [-0.4, -0.2) is 47.3 Å². The van der Waals surface area contributed by atoms with E-state index < -0.39 is 5.97 Å². The van der Waals surface area contributed by atoms with E-state index in [1.54, 1.807) is 11.9 Å². The Balaban J connectivity index is 3.92. The fourth-order valence-electron chi connectivity index (χ4n) is 0.664. The van der Waals surface area contributed by atoms with Crippen molar-refractivity contribution in [2.45, 2.75) is 13.0 Å². The summed E-state index contributed by atoms with van der Waals surface area (Å²) < 4.78 is 0. The molecule has 2 N–H and O–H groups in total. The zero-order chi connectivity index (χ0) is 9.72. The van der Waals surface area contributed by atoms with Crippen LogP contribution < -0.4 is 0 Å². The number of nitrogens with zero attached hydrogens (tertiary/aromatic N) is 1. The van der Waals surface area contributed by atoms with E-state index in [0.29, 0.717) is 0 Å². The van der Waals surface area contributed by atoms with Crippen molar-refractivity contribution in [1.82, 2.24) is 4.90 Å². The molecule has 0 saturated carbocycles. The summed E-state index contributed by atoms with van der Waals surface area (Å²) in [4.78, 5) is 12.1. The van der Waals surface area contributed by atoms with Gasteiger partial charge in [-0.25, -0.2) is 4.79 Å². The molecule has 0 radical (unpaired) electrons. The van der Waals surface area contributed by atoms with E-state index in [-0.39, 0.29) is 24.8 Å². The second kappa shape index (κ2) is 4.90. The monoisotopic (exact) mass is 173 g/mol. The lowest BCUT2D eigenvalue weighted by Crippen LogP contribution is -2.34. The minimum Gasteiger partial charge on any atom is -0.478 e. The maximum Gasteiger partial charge on any atom is 0.332 e. The van der Waals surface area contributed by atoms with E-state index in [2.05, 4.69) is 6.58 Å². The molecule has 0 spiro atoms. The number of hydrogen-bond acceptors (Lipinski definition) is 3. The molecule has 0 aromatic heterocycles. The molecule has 4 heteroatoms. The molecule has 0 aromatic rings. The highest BCUT2D eigenvalue weighted by Crippen LogP contribution is 1.99. The lowest BCUT2D eigenvalue weighted by molar-refractivity contribution is -0.132. The lowest BCUT2D eigenvalue weighted by Gasteiger charge is -2.22. The second-order valence-electron chi connectivity index (χ2n) is 2.86. The molecule has 0 bridgehead atoms. The summed E-state index contributed by atoms with van der Waals surface area (Å²) >= 11 is 0. The molecule has 0 aliphatic rings. The van der Waals surface area contributed by atoms with Gasteiger partial charge in [0.25, 0.3) is 0 Å². The summed E-state index contributed by atoms with van der Waals surface area (Å²) in [6, 6.07) is -0.0406. The summed E-state index contributed by atoms with van der Waals surface area (Å²) in [5.74, 6) is -0.994. The Morgan fingerprint density at radius 2 is 2.17 bits per heavy atom. The minimum atomic E-state index is -0.994. The minimum absolute atomic E-state index is 0.0173. The standard InChI is InChI=1S/C8H15NO3/c1-6(8(11)12)4-9(3)7(2)5-10/h7,10H,1,4-5H2,2-3H3,(H,11,12). The largest absolute Gasteiger partial charge is 0.478 e. The highest BCUT2D eigenvalue weighted by molar-refractivity contribution is 5.86. The van der Waals surface area contributed by atoms with Crippen LogP contribution in [0.5, 0.6) is 0 Å². The Morgan fingerprint density at radius 3 is 2.50 bits per heavy atom. The van der Waals surface area contributed by atoms with Crippen LogP contribution >= 0.6 is 0 Å². The van der Waals surface area contributed by atoms with Crippen LogP contribution in [0.1, 0.15) is 6.92 Å². The van der Waals surface area contributed by atoms with Gasteiger partial charge in [-0.05, 0) is 14.0 Å². The number of carboxylic acids is 1. The SMILES string of the molecule is C=C(CN(C)C(C)CO)C(=O)O. The van der Waals surface area contributed by atoms with Crippen LogP contribution in [0.2, 0.25) is 0 Å². The van der Waals surface area contributed by atoms with Gasteiger partial charge in [-0.3, -0.25) is 4.90 Å². The normalized spacial score (nSPS) is 13.0. The predicted octanol–water partition coefficient (Wildman–Crippen LogP) is -0.0602. The van der Waals surface area contributed by atoms with Crippen molar-refractivity contribution in [2.75, 3.05) is 20.2 Å². The van der Waals surface area contributed by atoms with Crippen molar-refractivity contribution in [1.29, 1.82) is 0 Å². The van der Waals surface area contributed by atoms with Crippen molar-refractivity contribution < 1.29 is 15.0 Å². The molecule has 70 valence electrons. The Kier molecular flexibility index (Phi) is 4.54. The average Bonchev–Trinajstić information content (AvgIpc) is 2.02. The summed E-state index contributed by atoms with van der Waals surface area (Å²) in [6.07, 6.45) is 0. The number of aliphatic hydroxyl groups excluding tert-OH is 1. The van der Waals surface area contributed by atoms with E-state index in [9.17, 15) is 4.79 Å². The molecule has 0 heterocycles. The maximum absolute atomic E-state index is 10.4. The summed E-state index contributed by atoms with van der Waals surface area (Å²) in [5, 5.41) is 17.2. The van der Waals surface area contributed by atoms with Gasteiger partial charge in [0.05, 0.1) is 6.61 Å². The molecule has 0 aliphatic heterocycles. The number of likely N-dealkylation sites (N-methyl/N-ethyl adjacent to an activating group) is 1. The highest BCUT2D eigenvalue weighted by Gasteiger charge is 2.11. The van der Waals surface area contributed by atoms with E-state index in [4.69, 9.17) is 10.2 Å². The fourth-order valence-corrected chi connectivity index (χ4v) is 0.664. The van der Waals surface area contributed by atoms with E-state index in [0.717, 1.165) is 0 Å². The number of rotatable bonds is 5. The van der Waals surface area contributed by atoms with Gasteiger partial charge >= 0.3 is 5.97 Å². The molecule has 0 aliphatic carbocycles. The molecule has 0 rings (SSSR count). The van der Waals surface area contributed by atoms with Crippen LogP contribution in [0.3, 0.4) is 0 Å². The van der Waals surface area contributed by atoms with Crippen molar-refractivity contribution in [3.63, 3.8) is 0 Å². The van der Waals surface area contributed by atoms with Crippen LogP contribution in [-0.2, 0) is 4.79 Å². The third kappa shape index (κ3) is 3.50. The first kappa shape index (κ1) is 11.1. The number of aliphatic hydroxyl groups is 1. The van der Waals surface area contributed by atoms with Gasteiger partial charge in [0, 0.05) is 18.2 Å². The van der Waals surface area contributed by atoms with Crippen molar-refractivity contribution in [3.8, 4) is 0 Å². The molecule has 4 nitrogen and oxygen atoms in total. The molecule has 0 aromatic carbocycles. The van der Waals surface area contributed by atoms with Crippen molar-refractivity contribution in [2.24, 2.45) is 0 Å². The van der Waals surface area contributed by atoms with Gasteiger partial charge < -0.3 is 10.2 Å². The Morgan fingerprint density at radius 1 is 1.67 bits per heavy atom. The molecule has 0 fully saturated rings. The van der Waals surface area contributed by atoms with Crippen LogP contribution in [0.4, 0.5) is 0 Å². The van der Waals surface area contributed by atoms with Gasteiger partial charge in [0.2, 0.25) is 0 Å². The molecule has 1 unspecified atom stereocenters.